The Morgan fingerprint density at radius 3 is 2.42 bits per heavy atom. The second kappa shape index (κ2) is 8.93. The summed E-state index contributed by atoms with van der Waals surface area (Å²) in [4.78, 5) is 17.9. The Hall–Kier alpha value is -2.54. The maximum Gasteiger partial charge on any atom is 0.411 e. The zero-order chi connectivity index (χ0) is 17.4. The number of benzene rings is 1. The molecule has 1 heterocycles. The van der Waals surface area contributed by atoms with Crippen LogP contribution in [0.2, 0.25) is 0 Å². The first kappa shape index (κ1) is 17.8. The van der Waals surface area contributed by atoms with Crippen molar-refractivity contribution in [3.8, 4) is 0 Å². The van der Waals surface area contributed by atoms with Gasteiger partial charge in [-0.2, -0.15) is 0 Å². The molecule has 2 aromatic rings. The Balaban J connectivity index is 1.81. The molecule has 1 aromatic heterocycles. The number of guanidine groups is 1. The summed E-state index contributed by atoms with van der Waals surface area (Å²) in [5.41, 5.74) is 1.78. The topological polar surface area (TPSA) is 74.8 Å². The third-order valence-electron chi connectivity index (χ3n) is 3.30. The molecule has 0 aliphatic rings. The van der Waals surface area contributed by atoms with Crippen LogP contribution >= 0.6 is 11.3 Å². The van der Waals surface area contributed by atoms with Gasteiger partial charge in [0.25, 0.3) is 0 Å². The predicted octanol–water partition coefficient (Wildman–Crippen LogP) is 3.10. The van der Waals surface area contributed by atoms with E-state index in [2.05, 4.69) is 44.7 Å². The molecule has 1 amide bonds. The van der Waals surface area contributed by atoms with Crippen LogP contribution in [0.3, 0.4) is 0 Å². The number of aryl methyl sites for hydroxylation is 1. The van der Waals surface area contributed by atoms with Crippen LogP contribution in [0, 0.1) is 6.92 Å². The van der Waals surface area contributed by atoms with E-state index in [1.165, 1.54) is 16.9 Å². The first-order chi connectivity index (χ1) is 11.6. The van der Waals surface area contributed by atoms with Crippen molar-refractivity contribution < 1.29 is 9.53 Å². The molecule has 0 radical (unpaired) electrons. The van der Waals surface area contributed by atoms with Gasteiger partial charge < -0.3 is 15.4 Å². The molecule has 0 aliphatic heterocycles. The van der Waals surface area contributed by atoms with E-state index < -0.39 is 6.09 Å². The van der Waals surface area contributed by atoms with E-state index in [-0.39, 0.29) is 0 Å². The molecule has 0 atom stereocenters. The van der Waals surface area contributed by atoms with Crippen molar-refractivity contribution in [2.24, 2.45) is 4.99 Å². The Kier molecular flexibility index (Phi) is 6.62. The number of nitrogens with one attached hydrogen (secondary N) is 3. The highest BCUT2D eigenvalue weighted by atomic mass is 32.1. The maximum atomic E-state index is 11.1. The average Bonchev–Trinajstić information content (AvgIpc) is 3.01. The highest BCUT2D eigenvalue weighted by Gasteiger charge is 2.02. The van der Waals surface area contributed by atoms with Crippen molar-refractivity contribution in [2.75, 3.05) is 19.5 Å². The number of carbonyl (C=O) groups is 1. The molecule has 0 fully saturated rings. The van der Waals surface area contributed by atoms with Crippen molar-refractivity contribution in [1.29, 1.82) is 0 Å². The number of rotatable bonds is 5. The summed E-state index contributed by atoms with van der Waals surface area (Å²) < 4.78 is 4.56. The van der Waals surface area contributed by atoms with Crippen molar-refractivity contribution in [3.63, 3.8) is 0 Å². The molecule has 2 rings (SSSR count). The standard InChI is InChI=1S/C17H22N4O2S/c1-12-4-9-15(24-12)11-20-16(18-2)19-10-13-5-7-14(8-6-13)21-17(22)23-3/h4-9H,10-11H2,1-3H3,(H,21,22)(H2,18,19,20). The molecule has 6 nitrogen and oxygen atoms in total. The Labute approximate surface area is 146 Å². The van der Waals surface area contributed by atoms with Crippen molar-refractivity contribution in [1.82, 2.24) is 10.6 Å². The minimum atomic E-state index is -0.478. The number of methoxy groups -OCH3 is 1. The third-order valence-corrected chi connectivity index (χ3v) is 4.30. The fraction of sp³-hybridized carbons (Fsp3) is 0.294. The molecule has 0 saturated carbocycles. The van der Waals surface area contributed by atoms with Gasteiger partial charge in [-0.25, -0.2) is 4.79 Å². The summed E-state index contributed by atoms with van der Waals surface area (Å²) in [7, 11) is 3.09. The fourth-order valence-electron chi connectivity index (χ4n) is 2.03. The van der Waals surface area contributed by atoms with Crippen LogP contribution in [0.1, 0.15) is 15.3 Å². The van der Waals surface area contributed by atoms with Gasteiger partial charge >= 0.3 is 6.09 Å². The lowest BCUT2D eigenvalue weighted by Crippen LogP contribution is -2.36. The van der Waals surface area contributed by atoms with Gasteiger partial charge in [0.05, 0.1) is 13.7 Å². The summed E-state index contributed by atoms with van der Waals surface area (Å²) in [6, 6.07) is 11.8. The quantitative estimate of drug-likeness (QED) is 0.574. The van der Waals surface area contributed by atoms with Gasteiger partial charge in [0.1, 0.15) is 0 Å². The molecular formula is C17H22N4O2S. The van der Waals surface area contributed by atoms with E-state index in [1.807, 2.05) is 24.3 Å². The second-order valence-corrected chi connectivity index (χ2v) is 6.48. The highest BCUT2D eigenvalue weighted by molar-refractivity contribution is 7.11. The van der Waals surface area contributed by atoms with Gasteiger partial charge in [0.15, 0.2) is 5.96 Å². The Morgan fingerprint density at radius 2 is 1.83 bits per heavy atom. The van der Waals surface area contributed by atoms with Gasteiger partial charge in [0, 0.05) is 29.0 Å². The summed E-state index contributed by atoms with van der Waals surface area (Å²) >= 11 is 1.77. The molecule has 0 unspecified atom stereocenters. The normalized spacial score (nSPS) is 11.0. The molecule has 0 saturated heterocycles. The number of thiophene rings is 1. The average molecular weight is 346 g/mol. The minimum absolute atomic E-state index is 0.478. The molecule has 0 aliphatic carbocycles. The highest BCUT2D eigenvalue weighted by Crippen LogP contribution is 2.14. The van der Waals surface area contributed by atoms with Gasteiger partial charge in [-0.3, -0.25) is 10.3 Å². The summed E-state index contributed by atoms with van der Waals surface area (Å²) in [6.07, 6.45) is -0.478. The lowest BCUT2D eigenvalue weighted by molar-refractivity contribution is 0.187. The fourth-order valence-corrected chi connectivity index (χ4v) is 2.86. The van der Waals surface area contributed by atoms with Crippen molar-refractivity contribution >= 4 is 29.1 Å². The number of ether oxygens (including phenoxy) is 1. The molecular weight excluding hydrogens is 324 g/mol. The smallest absolute Gasteiger partial charge is 0.411 e. The number of nitrogens with zero attached hydrogens (tertiary/aromatic N) is 1. The van der Waals surface area contributed by atoms with Crippen molar-refractivity contribution in [3.05, 3.63) is 51.7 Å². The van der Waals surface area contributed by atoms with Gasteiger partial charge in [-0.15, -0.1) is 11.3 Å². The molecule has 3 N–H and O–H groups in total. The van der Waals surface area contributed by atoms with E-state index in [4.69, 9.17) is 0 Å². The first-order valence-corrected chi connectivity index (χ1v) is 8.36. The zero-order valence-corrected chi connectivity index (χ0v) is 14.9. The van der Waals surface area contributed by atoms with E-state index in [1.54, 1.807) is 18.4 Å². The molecule has 0 spiro atoms. The zero-order valence-electron chi connectivity index (χ0n) is 14.1. The number of hydrogen-bond donors (Lipinski definition) is 3. The van der Waals surface area contributed by atoms with Crippen LogP contribution in [0.15, 0.2) is 41.4 Å². The molecule has 24 heavy (non-hydrogen) atoms. The number of amides is 1. The van der Waals surface area contributed by atoms with Gasteiger partial charge in [-0.05, 0) is 36.8 Å². The largest absolute Gasteiger partial charge is 0.453 e. The molecule has 128 valence electrons. The second-order valence-electron chi connectivity index (χ2n) is 5.11. The Morgan fingerprint density at radius 1 is 1.12 bits per heavy atom. The van der Waals surface area contributed by atoms with Crippen LogP contribution < -0.4 is 16.0 Å². The van der Waals surface area contributed by atoms with E-state index in [0.717, 1.165) is 18.1 Å². The van der Waals surface area contributed by atoms with E-state index in [0.29, 0.717) is 12.2 Å². The summed E-state index contributed by atoms with van der Waals surface area (Å²) in [5.74, 6) is 0.748. The van der Waals surface area contributed by atoms with Crippen LogP contribution in [0.5, 0.6) is 0 Å². The third kappa shape index (κ3) is 5.58. The monoisotopic (exact) mass is 346 g/mol. The molecule has 0 bridgehead atoms. The van der Waals surface area contributed by atoms with Crippen LogP contribution in [0.25, 0.3) is 0 Å². The van der Waals surface area contributed by atoms with Crippen LogP contribution in [0.4, 0.5) is 10.5 Å². The minimum Gasteiger partial charge on any atom is -0.453 e. The van der Waals surface area contributed by atoms with E-state index >= 15 is 0 Å². The number of carbonyl (C=O) groups excluding carboxylic acids is 1. The molecule has 1 aromatic carbocycles. The first-order valence-electron chi connectivity index (χ1n) is 7.54. The van der Waals surface area contributed by atoms with Crippen LogP contribution in [-0.2, 0) is 17.8 Å². The van der Waals surface area contributed by atoms with Crippen LogP contribution in [-0.4, -0.2) is 26.2 Å². The van der Waals surface area contributed by atoms with Gasteiger partial charge in [-0.1, -0.05) is 12.1 Å². The Bertz CT molecular complexity index is 695. The van der Waals surface area contributed by atoms with E-state index in [9.17, 15) is 4.79 Å². The summed E-state index contributed by atoms with van der Waals surface area (Å²) in [5, 5.41) is 9.17. The molecule has 7 heteroatoms. The lowest BCUT2D eigenvalue weighted by Gasteiger charge is -2.11. The maximum absolute atomic E-state index is 11.1. The number of anilines is 1. The lowest BCUT2D eigenvalue weighted by atomic mass is 10.2. The SMILES string of the molecule is CN=C(NCc1ccc(NC(=O)OC)cc1)NCc1ccc(C)s1. The number of hydrogen-bond acceptors (Lipinski definition) is 4. The number of aliphatic imine (C=N–C) groups is 1. The van der Waals surface area contributed by atoms with Gasteiger partial charge in [0.2, 0.25) is 0 Å². The predicted molar refractivity (Wildman–Crippen MR) is 98.6 cm³/mol. The van der Waals surface area contributed by atoms with Crippen molar-refractivity contribution in [2.45, 2.75) is 20.0 Å². The summed E-state index contributed by atoms with van der Waals surface area (Å²) in [6.45, 7) is 3.49.